The van der Waals surface area contributed by atoms with Gasteiger partial charge in [0.1, 0.15) is 5.78 Å². The molecule has 0 aromatic heterocycles. The van der Waals surface area contributed by atoms with Gasteiger partial charge in [0.2, 0.25) is 0 Å². The second kappa shape index (κ2) is 2.67. The van der Waals surface area contributed by atoms with Crippen molar-refractivity contribution in [3.63, 3.8) is 0 Å². The summed E-state index contributed by atoms with van der Waals surface area (Å²) in [4.78, 5) is 12.0. The molecule has 0 radical (unpaired) electrons. The number of carbonyl (C=O) groups excluding carboxylic acids is 1. The van der Waals surface area contributed by atoms with Crippen molar-refractivity contribution in [2.24, 2.45) is 16.7 Å². The van der Waals surface area contributed by atoms with E-state index < -0.39 is 11.5 Å². The predicted molar refractivity (Wildman–Crippen MR) is 51.6 cm³/mol. The number of aliphatic hydroxyl groups excluding tert-OH is 2. The van der Waals surface area contributed by atoms with Crippen LogP contribution in [0.3, 0.4) is 0 Å². The van der Waals surface area contributed by atoms with Crippen LogP contribution in [-0.2, 0) is 4.79 Å². The Balaban J connectivity index is 2.47. The number of hydrogen-bond acceptors (Lipinski definition) is 3. The number of hydrogen-bond donors (Lipinski definition) is 2. The van der Waals surface area contributed by atoms with Crippen molar-refractivity contribution >= 4 is 5.78 Å². The number of carbonyl (C=O) groups is 1. The molecule has 0 unspecified atom stereocenters. The molecule has 0 heterocycles. The highest BCUT2D eigenvalue weighted by atomic mass is 16.3. The topological polar surface area (TPSA) is 57.5 Å². The van der Waals surface area contributed by atoms with Gasteiger partial charge in [0, 0.05) is 17.9 Å². The van der Waals surface area contributed by atoms with Gasteiger partial charge in [0.25, 0.3) is 0 Å². The van der Waals surface area contributed by atoms with Gasteiger partial charge in [0.05, 0.1) is 11.5 Å². The quantitative estimate of drug-likeness (QED) is 0.601. The lowest BCUT2D eigenvalue weighted by molar-refractivity contribution is -0.132. The molecule has 1 saturated carbocycles. The van der Waals surface area contributed by atoms with Crippen LogP contribution in [0.4, 0.5) is 0 Å². The Morgan fingerprint density at radius 1 is 1.50 bits per heavy atom. The normalized spacial score (nSPS) is 51.3. The highest BCUT2D eigenvalue weighted by Crippen LogP contribution is 2.54. The van der Waals surface area contributed by atoms with Crippen LogP contribution in [0, 0.1) is 16.7 Å². The van der Waals surface area contributed by atoms with Crippen LogP contribution >= 0.6 is 0 Å². The van der Waals surface area contributed by atoms with Crippen LogP contribution in [0.15, 0.2) is 12.2 Å². The Labute approximate surface area is 83.4 Å². The zero-order valence-corrected chi connectivity index (χ0v) is 8.53. The highest BCUT2D eigenvalue weighted by molar-refractivity contribution is 5.93. The minimum absolute atomic E-state index is 0.00391. The van der Waals surface area contributed by atoms with Crippen molar-refractivity contribution in [1.29, 1.82) is 0 Å². The summed E-state index contributed by atoms with van der Waals surface area (Å²) in [6.45, 7) is 3.69. The molecule has 0 amide bonds. The number of rotatable bonds is 1. The van der Waals surface area contributed by atoms with E-state index in [9.17, 15) is 15.0 Å². The molecule has 1 fully saturated rings. The van der Waals surface area contributed by atoms with Crippen LogP contribution in [0.25, 0.3) is 0 Å². The smallest absolute Gasteiger partial charge is 0.149 e. The maximum atomic E-state index is 12.0. The molecule has 3 nitrogen and oxygen atoms in total. The van der Waals surface area contributed by atoms with Gasteiger partial charge in [-0.2, -0.15) is 0 Å². The SMILES string of the molecule is C[C@@]1(CO)C[C@]2(C)C(=O)[C@H]1C=C[C@H]2O. The molecule has 0 saturated heterocycles. The molecule has 2 rings (SSSR count). The predicted octanol–water partition coefficient (Wildman–Crippen LogP) is 0.511. The van der Waals surface area contributed by atoms with E-state index >= 15 is 0 Å². The summed E-state index contributed by atoms with van der Waals surface area (Å²) < 4.78 is 0. The monoisotopic (exact) mass is 196 g/mol. The molecular formula is C11H16O3. The van der Waals surface area contributed by atoms with E-state index in [1.54, 1.807) is 19.1 Å². The third kappa shape index (κ3) is 0.969. The van der Waals surface area contributed by atoms with E-state index in [4.69, 9.17) is 0 Å². The van der Waals surface area contributed by atoms with Crippen molar-refractivity contribution in [1.82, 2.24) is 0 Å². The molecule has 2 aliphatic carbocycles. The number of aliphatic hydroxyl groups is 2. The maximum Gasteiger partial charge on any atom is 0.149 e. The fourth-order valence-electron chi connectivity index (χ4n) is 2.86. The number of fused-ring (bicyclic) bond motifs is 2. The molecule has 0 spiro atoms. The van der Waals surface area contributed by atoms with Crippen molar-refractivity contribution in [2.75, 3.05) is 6.61 Å². The minimum Gasteiger partial charge on any atom is -0.396 e. The Bertz CT molecular complexity index is 310. The summed E-state index contributed by atoms with van der Waals surface area (Å²) in [5.74, 6) is -0.148. The zero-order chi connectivity index (χ0) is 10.6. The molecule has 78 valence electrons. The van der Waals surface area contributed by atoms with E-state index in [1.807, 2.05) is 6.92 Å². The van der Waals surface area contributed by atoms with Crippen molar-refractivity contribution < 1.29 is 15.0 Å². The van der Waals surface area contributed by atoms with Gasteiger partial charge in [-0.05, 0) is 13.3 Å². The fourth-order valence-corrected chi connectivity index (χ4v) is 2.86. The van der Waals surface area contributed by atoms with Gasteiger partial charge in [-0.3, -0.25) is 4.79 Å². The Hall–Kier alpha value is -0.670. The first-order chi connectivity index (χ1) is 6.44. The summed E-state index contributed by atoms with van der Waals surface area (Å²) in [6, 6.07) is 0. The van der Waals surface area contributed by atoms with E-state index in [2.05, 4.69) is 0 Å². The minimum atomic E-state index is -0.695. The highest BCUT2D eigenvalue weighted by Gasteiger charge is 2.59. The standard InChI is InChI=1S/C11H16O3/c1-10(6-12)5-11(2)8(13)4-3-7(10)9(11)14/h3-4,7-8,12-13H,5-6H2,1-2H3/t7-,8-,10+,11+/m1/s1. The van der Waals surface area contributed by atoms with Crippen LogP contribution in [0.2, 0.25) is 0 Å². The Morgan fingerprint density at radius 3 is 2.64 bits per heavy atom. The van der Waals surface area contributed by atoms with Gasteiger partial charge in [-0.25, -0.2) is 0 Å². The van der Waals surface area contributed by atoms with Gasteiger partial charge >= 0.3 is 0 Å². The largest absolute Gasteiger partial charge is 0.396 e. The third-order valence-corrected chi connectivity index (χ3v) is 3.87. The van der Waals surface area contributed by atoms with Gasteiger partial charge in [-0.15, -0.1) is 0 Å². The molecule has 2 N–H and O–H groups in total. The van der Waals surface area contributed by atoms with Crippen molar-refractivity contribution in [3.8, 4) is 0 Å². The summed E-state index contributed by atoms with van der Waals surface area (Å²) >= 11 is 0. The average Bonchev–Trinajstić information content (AvgIpc) is 2.26. The maximum absolute atomic E-state index is 12.0. The molecule has 4 atom stereocenters. The van der Waals surface area contributed by atoms with Gasteiger partial charge < -0.3 is 10.2 Å². The molecule has 2 bridgehead atoms. The van der Waals surface area contributed by atoms with Crippen LogP contribution in [-0.4, -0.2) is 28.7 Å². The summed E-state index contributed by atoms with van der Waals surface area (Å²) in [5.41, 5.74) is -1.07. The lowest BCUT2D eigenvalue weighted by atomic mass is 9.77. The number of Topliss-reactive ketones (excluding diaryl/α,β-unsaturated/α-hetero) is 1. The van der Waals surface area contributed by atoms with Crippen LogP contribution in [0.1, 0.15) is 20.3 Å². The molecule has 0 aliphatic heterocycles. The molecular weight excluding hydrogens is 180 g/mol. The summed E-state index contributed by atoms with van der Waals surface area (Å²) in [5, 5.41) is 19.1. The molecule has 2 aliphatic rings. The molecule has 0 aromatic rings. The summed E-state index contributed by atoms with van der Waals surface area (Å²) in [7, 11) is 0. The lowest BCUT2D eigenvalue weighted by Gasteiger charge is -2.28. The van der Waals surface area contributed by atoms with Crippen molar-refractivity contribution in [2.45, 2.75) is 26.4 Å². The van der Waals surface area contributed by atoms with E-state index in [-0.39, 0.29) is 23.7 Å². The first kappa shape index (κ1) is 9.87. The first-order valence-corrected chi connectivity index (χ1v) is 4.96. The first-order valence-electron chi connectivity index (χ1n) is 4.96. The van der Waals surface area contributed by atoms with E-state index in [0.717, 1.165) is 0 Å². The molecule has 0 aromatic carbocycles. The van der Waals surface area contributed by atoms with Crippen molar-refractivity contribution in [3.05, 3.63) is 12.2 Å². The second-order valence-corrected chi connectivity index (χ2v) is 5.08. The van der Waals surface area contributed by atoms with Crippen LogP contribution < -0.4 is 0 Å². The lowest BCUT2D eigenvalue weighted by Crippen LogP contribution is -2.38. The Kier molecular flexibility index (Phi) is 1.88. The third-order valence-electron chi connectivity index (χ3n) is 3.87. The van der Waals surface area contributed by atoms with E-state index in [1.165, 1.54) is 0 Å². The molecule has 3 heteroatoms. The number of ketones is 1. The molecule has 14 heavy (non-hydrogen) atoms. The summed E-state index contributed by atoms with van der Waals surface area (Å²) in [6.07, 6.45) is 3.30. The van der Waals surface area contributed by atoms with Crippen LogP contribution in [0.5, 0.6) is 0 Å². The average molecular weight is 196 g/mol. The zero-order valence-electron chi connectivity index (χ0n) is 8.53. The second-order valence-electron chi connectivity index (χ2n) is 5.08. The van der Waals surface area contributed by atoms with Gasteiger partial charge in [0.15, 0.2) is 0 Å². The van der Waals surface area contributed by atoms with Gasteiger partial charge in [-0.1, -0.05) is 19.1 Å². The van der Waals surface area contributed by atoms with E-state index in [0.29, 0.717) is 6.42 Å². The Morgan fingerprint density at radius 2 is 2.14 bits per heavy atom. The number of allylic oxidation sites excluding steroid dienone is 1. The fraction of sp³-hybridized carbons (Fsp3) is 0.727.